The fourth-order valence-electron chi connectivity index (χ4n) is 3.40. The van der Waals surface area contributed by atoms with Crippen LogP contribution in [0.2, 0.25) is 0 Å². The van der Waals surface area contributed by atoms with E-state index in [1.807, 2.05) is 0 Å². The van der Waals surface area contributed by atoms with Crippen molar-refractivity contribution in [3.63, 3.8) is 0 Å². The number of esters is 2. The van der Waals surface area contributed by atoms with Crippen LogP contribution in [0.25, 0.3) is 0 Å². The average molecular weight is 371 g/mol. The summed E-state index contributed by atoms with van der Waals surface area (Å²) in [6, 6.07) is 0. The predicted octanol–water partition coefficient (Wildman–Crippen LogP) is 2.22. The summed E-state index contributed by atoms with van der Waals surface area (Å²) in [6.07, 6.45) is 7.01. The van der Waals surface area contributed by atoms with Crippen LogP contribution in [-0.2, 0) is 28.6 Å². The summed E-state index contributed by atoms with van der Waals surface area (Å²) in [4.78, 5) is 36.1. The molecule has 1 aliphatic carbocycles. The molecule has 7 nitrogen and oxygen atoms in total. The number of hydrogen-bond acceptors (Lipinski definition) is 6. The minimum Gasteiger partial charge on any atom is -0.469 e. The van der Waals surface area contributed by atoms with Gasteiger partial charge in [0.2, 0.25) is 5.91 Å². The lowest BCUT2D eigenvalue weighted by molar-refractivity contribution is -0.169. The summed E-state index contributed by atoms with van der Waals surface area (Å²) in [5, 5.41) is 2.83. The molecule has 1 amide bonds. The third-order valence-corrected chi connectivity index (χ3v) is 4.85. The minimum atomic E-state index is -0.733. The Morgan fingerprint density at radius 3 is 2.31 bits per heavy atom. The molecule has 1 saturated carbocycles. The molecule has 0 bridgehead atoms. The van der Waals surface area contributed by atoms with E-state index in [2.05, 4.69) is 12.2 Å². The zero-order valence-corrected chi connectivity index (χ0v) is 16.3. The summed E-state index contributed by atoms with van der Waals surface area (Å²) < 4.78 is 15.3. The molecule has 0 spiro atoms. The second kappa shape index (κ2) is 12.7. The number of methoxy groups -OCH3 is 2. The third-order valence-electron chi connectivity index (χ3n) is 4.85. The lowest BCUT2D eigenvalue weighted by Crippen LogP contribution is -2.45. The van der Waals surface area contributed by atoms with Crippen molar-refractivity contribution in [2.45, 2.75) is 64.4 Å². The van der Waals surface area contributed by atoms with Gasteiger partial charge in [0.1, 0.15) is 6.61 Å². The number of unbranched alkanes of at least 4 members (excludes halogenated alkanes) is 4. The van der Waals surface area contributed by atoms with E-state index in [0.717, 1.165) is 19.3 Å². The van der Waals surface area contributed by atoms with Crippen LogP contribution in [0.4, 0.5) is 0 Å². The van der Waals surface area contributed by atoms with Crippen molar-refractivity contribution in [1.82, 2.24) is 5.32 Å². The molecule has 26 heavy (non-hydrogen) atoms. The Morgan fingerprint density at radius 1 is 0.962 bits per heavy atom. The van der Waals surface area contributed by atoms with Gasteiger partial charge in [-0.1, -0.05) is 32.6 Å². The van der Waals surface area contributed by atoms with E-state index in [4.69, 9.17) is 14.2 Å². The Balaban J connectivity index is 2.46. The van der Waals surface area contributed by atoms with E-state index in [0.29, 0.717) is 19.4 Å². The largest absolute Gasteiger partial charge is 0.469 e. The molecule has 0 aromatic heterocycles. The molecule has 1 fully saturated rings. The molecule has 0 radical (unpaired) electrons. The molecule has 1 N–H and O–H groups in total. The SMILES string of the molecule is CCCCCCCNC(=O)COC1CCCC(C(=O)OC)C1C(=O)OC. The molecule has 1 rings (SSSR count). The number of ether oxygens (including phenoxy) is 3. The first kappa shape index (κ1) is 22.4. The number of amides is 1. The van der Waals surface area contributed by atoms with E-state index in [1.165, 1.54) is 33.5 Å². The number of rotatable bonds is 11. The highest BCUT2D eigenvalue weighted by molar-refractivity contribution is 5.83. The molecule has 3 atom stereocenters. The first-order chi connectivity index (χ1) is 12.5. The Morgan fingerprint density at radius 2 is 1.65 bits per heavy atom. The maximum Gasteiger partial charge on any atom is 0.312 e. The number of nitrogens with one attached hydrogen (secondary N) is 1. The van der Waals surface area contributed by atoms with Crippen LogP contribution in [0, 0.1) is 11.8 Å². The van der Waals surface area contributed by atoms with Crippen LogP contribution in [0.3, 0.4) is 0 Å². The van der Waals surface area contributed by atoms with Crippen molar-refractivity contribution in [2.24, 2.45) is 11.8 Å². The van der Waals surface area contributed by atoms with Crippen molar-refractivity contribution in [3.8, 4) is 0 Å². The van der Waals surface area contributed by atoms with Crippen molar-refractivity contribution < 1.29 is 28.6 Å². The Labute approximate surface area is 156 Å². The van der Waals surface area contributed by atoms with Gasteiger partial charge < -0.3 is 19.5 Å². The smallest absolute Gasteiger partial charge is 0.312 e. The molecular formula is C19H33NO6. The molecule has 150 valence electrons. The van der Waals surface area contributed by atoms with Gasteiger partial charge in [-0.2, -0.15) is 0 Å². The molecule has 0 aromatic carbocycles. The molecule has 0 aromatic rings. The van der Waals surface area contributed by atoms with Gasteiger partial charge in [0.25, 0.3) is 0 Å². The maximum atomic E-state index is 12.1. The van der Waals surface area contributed by atoms with Crippen LogP contribution >= 0.6 is 0 Å². The third kappa shape index (κ3) is 7.32. The highest BCUT2D eigenvalue weighted by Crippen LogP contribution is 2.34. The van der Waals surface area contributed by atoms with E-state index >= 15 is 0 Å². The lowest BCUT2D eigenvalue weighted by Gasteiger charge is -2.34. The van der Waals surface area contributed by atoms with Gasteiger partial charge in [0.05, 0.1) is 32.2 Å². The number of carbonyl (C=O) groups is 3. The highest BCUT2D eigenvalue weighted by Gasteiger charge is 2.44. The molecular weight excluding hydrogens is 338 g/mol. The first-order valence-electron chi connectivity index (χ1n) is 9.59. The summed E-state index contributed by atoms with van der Waals surface area (Å²) in [5.74, 6) is -2.47. The van der Waals surface area contributed by atoms with Gasteiger partial charge in [-0.15, -0.1) is 0 Å². The summed E-state index contributed by atoms with van der Waals surface area (Å²) in [6.45, 7) is 2.67. The van der Waals surface area contributed by atoms with Crippen LogP contribution < -0.4 is 5.32 Å². The zero-order valence-electron chi connectivity index (χ0n) is 16.3. The first-order valence-corrected chi connectivity index (χ1v) is 9.59. The monoisotopic (exact) mass is 371 g/mol. The van der Waals surface area contributed by atoms with Crippen LogP contribution in [0.15, 0.2) is 0 Å². The Hall–Kier alpha value is -1.63. The number of hydrogen-bond donors (Lipinski definition) is 1. The van der Waals surface area contributed by atoms with Crippen molar-refractivity contribution in [1.29, 1.82) is 0 Å². The van der Waals surface area contributed by atoms with Crippen LogP contribution in [0.5, 0.6) is 0 Å². The van der Waals surface area contributed by atoms with E-state index < -0.39 is 29.9 Å². The number of carbonyl (C=O) groups excluding carboxylic acids is 3. The lowest BCUT2D eigenvalue weighted by atomic mass is 9.77. The minimum absolute atomic E-state index is 0.124. The Bertz CT molecular complexity index is 453. The second-order valence-corrected chi connectivity index (χ2v) is 6.72. The molecule has 3 unspecified atom stereocenters. The fourth-order valence-corrected chi connectivity index (χ4v) is 3.40. The molecule has 0 aliphatic heterocycles. The summed E-state index contributed by atoms with van der Waals surface area (Å²) in [5.41, 5.74) is 0. The van der Waals surface area contributed by atoms with Gasteiger partial charge in [-0.3, -0.25) is 14.4 Å². The molecule has 0 heterocycles. The van der Waals surface area contributed by atoms with Crippen LogP contribution in [0.1, 0.15) is 58.3 Å². The van der Waals surface area contributed by atoms with Crippen LogP contribution in [-0.4, -0.2) is 51.3 Å². The van der Waals surface area contributed by atoms with Crippen molar-refractivity contribution >= 4 is 17.8 Å². The summed E-state index contributed by atoms with van der Waals surface area (Å²) >= 11 is 0. The maximum absolute atomic E-state index is 12.1. The second-order valence-electron chi connectivity index (χ2n) is 6.72. The van der Waals surface area contributed by atoms with Crippen molar-refractivity contribution in [2.75, 3.05) is 27.4 Å². The standard InChI is InChI=1S/C19H33NO6/c1-4-5-6-7-8-12-20-16(21)13-26-15-11-9-10-14(18(22)24-2)17(15)19(23)25-3/h14-15,17H,4-13H2,1-3H3,(H,20,21). The Kier molecular flexibility index (Phi) is 10.9. The molecule has 1 aliphatic rings. The fraction of sp³-hybridized carbons (Fsp3) is 0.842. The van der Waals surface area contributed by atoms with Gasteiger partial charge in [0, 0.05) is 6.54 Å². The van der Waals surface area contributed by atoms with Gasteiger partial charge in [-0.25, -0.2) is 0 Å². The zero-order chi connectivity index (χ0) is 19.4. The van der Waals surface area contributed by atoms with E-state index in [-0.39, 0.29) is 12.5 Å². The average Bonchev–Trinajstić information content (AvgIpc) is 2.67. The van der Waals surface area contributed by atoms with Gasteiger partial charge in [-0.05, 0) is 25.7 Å². The van der Waals surface area contributed by atoms with E-state index in [9.17, 15) is 14.4 Å². The normalized spacial score (nSPS) is 22.5. The predicted molar refractivity (Wildman–Crippen MR) is 96.4 cm³/mol. The van der Waals surface area contributed by atoms with Crippen molar-refractivity contribution in [3.05, 3.63) is 0 Å². The molecule has 0 saturated heterocycles. The van der Waals surface area contributed by atoms with Gasteiger partial charge in [0.15, 0.2) is 0 Å². The summed E-state index contributed by atoms with van der Waals surface area (Å²) in [7, 11) is 2.59. The quantitative estimate of drug-likeness (QED) is 0.442. The van der Waals surface area contributed by atoms with Gasteiger partial charge >= 0.3 is 11.9 Å². The van der Waals surface area contributed by atoms with E-state index in [1.54, 1.807) is 0 Å². The topological polar surface area (TPSA) is 90.9 Å². The molecule has 7 heteroatoms. The highest BCUT2D eigenvalue weighted by atomic mass is 16.5.